The molecule has 160 valence electrons. The zero-order valence-corrected chi connectivity index (χ0v) is 16.9. The van der Waals surface area contributed by atoms with Gasteiger partial charge in [0.05, 0.1) is 29.4 Å². The highest BCUT2D eigenvalue weighted by molar-refractivity contribution is 7.89. The van der Waals surface area contributed by atoms with Crippen molar-refractivity contribution in [3.63, 3.8) is 0 Å². The number of sulfonamides is 1. The summed E-state index contributed by atoms with van der Waals surface area (Å²) in [4.78, 5) is 24.0. The van der Waals surface area contributed by atoms with E-state index in [0.717, 1.165) is 0 Å². The predicted octanol–water partition coefficient (Wildman–Crippen LogP) is 0.744. The number of imide groups is 1. The van der Waals surface area contributed by atoms with Crippen LogP contribution in [0, 0.1) is 0 Å². The van der Waals surface area contributed by atoms with Crippen molar-refractivity contribution < 1.29 is 27.1 Å². The summed E-state index contributed by atoms with van der Waals surface area (Å²) in [5, 5.41) is 10.1. The third-order valence-electron chi connectivity index (χ3n) is 4.03. The molecule has 3 rings (SSSR count). The Kier molecular flexibility index (Phi) is 6.57. The monoisotopic (exact) mass is 437 g/mol. The number of carbonyl (C=O) groups is 2. The number of hydrogen-bond acceptors (Lipinski definition) is 7. The van der Waals surface area contributed by atoms with E-state index in [9.17, 15) is 22.4 Å². The van der Waals surface area contributed by atoms with Crippen molar-refractivity contribution in [3.8, 4) is 5.75 Å². The molecule has 1 aliphatic rings. The van der Waals surface area contributed by atoms with E-state index < -0.39 is 22.2 Å². The van der Waals surface area contributed by atoms with Crippen LogP contribution in [0.25, 0.3) is 0 Å². The number of aromatic nitrogens is 2. The molecule has 0 saturated carbocycles. The Bertz CT molecular complexity index is 1030. The van der Waals surface area contributed by atoms with Crippen molar-refractivity contribution >= 4 is 22.0 Å². The Labute approximate surface area is 172 Å². The average molecular weight is 437 g/mol. The lowest BCUT2D eigenvalue weighted by atomic mass is 10.3. The molecule has 1 aliphatic heterocycles. The molecule has 1 unspecified atom stereocenters. The Balaban J connectivity index is 1.58. The van der Waals surface area contributed by atoms with E-state index in [0.29, 0.717) is 11.4 Å². The maximum Gasteiger partial charge on any atom is 0.324 e. The lowest BCUT2D eigenvalue weighted by molar-refractivity contribution is -0.118. The van der Waals surface area contributed by atoms with Crippen molar-refractivity contribution in [2.24, 2.45) is 0 Å². The van der Waals surface area contributed by atoms with Gasteiger partial charge in [-0.1, -0.05) is 6.07 Å². The van der Waals surface area contributed by atoms with E-state index in [1.807, 2.05) is 0 Å². The van der Waals surface area contributed by atoms with Crippen LogP contribution < -0.4 is 14.8 Å². The minimum absolute atomic E-state index is 0.0270. The van der Waals surface area contributed by atoms with Crippen LogP contribution in [-0.4, -0.2) is 54.8 Å². The lowest BCUT2D eigenvalue weighted by Crippen LogP contribution is -2.28. The van der Waals surface area contributed by atoms with Gasteiger partial charge in [0, 0.05) is 6.07 Å². The standard InChI is InChI=1S/C18H20FN5O5S/c1-12(19)11-29-15-3-2-4-16(7-15)30(27,28)20-8-13-5-6-14(23-22-13)9-24-10-17(25)21-18(24)26/h2-7,12,20H,8-11H2,1H3,(H,21,25,26). The molecular formula is C18H20FN5O5S. The molecule has 30 heavy (non-hydrogen) atoms. The molecule has 1 aromatic heterocycles. The average Bonchev–Trinajstić information content (AvgIpc) is 3.03. The second-order valence-electron chi connectivity index (χ2n) is 6.62. The number of benzene rings is 1. The van der Waals surface area contributed by atoms with Crippen molar-refractivity contribution in [1.29, 1.82) is 0 Å². The summed E-state index contributed by atoms with van der Waals surface area (Å²) in [6.07, 6.45) is -1.18. The fraction of sp³-hybridized carbons (Fsp3) is 0.333. The second kappa shape index (κ2) is 9.13. The van der Waals surface area contributed by atoms with E-state index in [1.165, 1.54) is 30.0 Å². The van der Waals surface area contributed by atoms with Crippen LogP contribution >= 0.6 is 0 Å². The molecule has 1 saturated heterocycles. The number of alkyl halides is 1. The second-order valence-corrected chi connectivity index (χ2v) is 8.38. The van der Waals surface area contributed by atoms with Crippen molar-refractivity contribution in [1.82, 2.24) is 25.1 Å². The van der Waals surface area contributed by atoms with E-state index in [1.54, 1.807) is 18.2 Å². The molecule has 2 heterocycles. The van der Waals surface area contributed by atoms with Gasteiger partial charge in [-0.15, -0.1) is 0 Å². The summed E-state index contributed by atoms with van der Waals surface area (Å²) in [7, 11) is -3.85. The topological polar surface area (TPSA) is 131 Å². The van der Waals surface area contributed by atoms with Gasteiger partial charge in [0.1, 0.15) is 25.1 Å². The number of carbonyl (C=O) groups excluding carboxylic acids is 2. The molecule has 1 aromatic carbocycles. The maximum absolute atomic E-state index is 12.9. The lowest BCUT2D eigenvalue weighted by Gasteiger charge is -2.12. The number of urea groups is 1. The number of ether oxygens (including phenoxy) is 1. The quantitative estimate of drug-likeness (QED) is 0.554. The number of hydrogen-bond donors (Lipinski definition) is 2. The largest absolute Gasteiger partial charge is 0.491 e. The molecule has 1 atom stereocenters. The predicted molar refractivity (Wildman–Crippen MR) is 103 cm³/mol. The number of nitrogens with zero attached hydrogens (tertiary/aromatic N) is 3. The molecule has 2 aromatic rings. The van der Waals surface area contributed by atoms with Gasteiger partial charge in [-0.05, 0) is 31.2 Å². The maximum atomic E-state index is 12.9. The van der Waals surface area contributed by atoms with Gasteiger partial charge < -0.3 is 9.64 Å². The van der Waals surface area contributed by atoms with Crippen LogP contribution in [0.1, 0.15) is 18.3 Å². The molecule has 0 aliphatic carbocycles. The van der Waals surface area contributed by atoms with Crippen LogP contribution in [0.5, 0.6) is 5.75 Å². The van der Waals surface area contributed by atoms with Gasteiger partial charge in [0.2, 0.25) is 15.9 Å². The van der Waals surface area contributed by atoms with Gasteiger partial charge in [0.15, 0.2) is 0 Å². The molecule has 10 nitrogen and oxygen atoms in total. The van der Waals surface area contributed by atoms with E-state index >= 15 is 0 Å². The van der Waals surface area contributed by atoms with Crippen LogP contribution in [0.15, 0.2) is 41.3 Å². The highest BCUT2D eigenvalue weighted by Gasteiger charge is 2.26. The smallest absolute Gasteiger partial charge is 0.324 e. The number of halogens is 1. The van der Waals surface area contributed by atoms with E-state index in [4.69, 9.17) is 4.74 Å². The fourth-order valence-electron chi connectivity index (χ4n) is 2.57. The molecule has 0 spiro atoms. The van der Waals surface area contributed by atoms with Crippen LogP contribution in [-0.2, 0) is 27.9 Å². The number of rotatable bonds is 9. The van der Waals surface area contributed by atoms with E-state index in [2.05, 4.69) is 20.2 Å². The molecular weight excluding hydrogens is 417 g/mol. The molecule has 0 bridgehead atoms. The van der Waals surface area contributed by atoms with Crippen LogP contribution in [0.3, 0.4) is 0 Å². The Morgan fingerprint density at radius 3 is 2.60 bits per heavy atom. The summed E-state index contributed by atoms with van der Waals surface area (Å²) in [5.41, 5.74) is 0.821. The first-order chi connectivity index (χ1) is 14.2. The third kappa shape index (κ3) is 5.70. The first kappa shape index (κ1) is 21.6. The first-order valence-corrected chi connectivity index (χ1v) is 10.5. The SMILES string of the molecule is CC(F)COc1cccc(S(=O)(=O)NCc2ccc(CN3CC(=O)NC3=O)nn2)c1. The summed E-state index contributed by atoms with van der Waals surface area (Å²) in [6.45, 7) is 1.13. The van der Waals surface area contributed by atoms with Crippen molar-refractivity contribution in [2.75, 3.05) is 13.2 Å². The summed E-state index contributed by atoms with van der Waals surface area (Å²) < 4.78 is 45.5. The van der Waals surface area contributed by atoms with E-state index in [-0.39, 0.29) is 42.8 Å². The summed E-state index contributed by atoms with van der Waals surface area (Å²) in [5.74, 6) is -0.136. The van der Waals surface area contributed by atoms with Crippen molar-refractivity contribution in [3.05, 3.63) is 47.8 Å². The molecule has 1 fully saturated rings. The minimum atomic E-state index is -3.85. The Hall–Kier alpha value is -3.12. The van der Waals surface area contributed by atoms with Gasteiger partial charge in [0.25, 0.3) is 0 Å². The Morgan fingerprint density at radius 2 is 1.97 bits per heavy atom. The Morgan fingerprint density at radius 1 is 1.23 bits per heavy atom. The summed E-state index contributed by atoms with van der Waals surface area (Å²) >= 11 is 0. The molecule has 12 heteroatoms. The van der Waals surface area contributed by atoms with Crippen molar-refractivity contribution in [2.45, 2.75) is 31.1 Å². The zero-order valence-electron chi connectivity index (χ0n) is 16.0. The number of amides is 3. The van der Waals surface area contributed by atoms with Gasteiger partial charge in [-0.2, -0.15) is 10.2 Å². The fourth-order valence-corrected chi connectivity index (χ4v) is 3.60. The van der Waals surface area contributed by atoms with Gasteiger partial charge in [-0.3, -0.25) is 10.1 Å². The zero-order chi connectivity index (χ0) is 21.7. The molecule has 2 N–H and O–H groups in total. The highest BCUT2D eigenvalue weighted by atomic mass is 32.2. The first-order valence-electron chi connectivity index (χ1n) is 9.00. The van der Waals surface area contributed by atoms with Crippen LogP contribution in [0.2, 0.25) is 0 Å². The van der Waals surface area contributed by atoms with Gasteiger partial charge in [-0.25, -0.2) is 22.3 Å². The molecule has 0 radical (unpaired) electrons. The molecule has 3 amide bonds. The normalized spacial score (nSPS) is 15.2. The summed E-state index contributed by atoms with van der Waals surface area (Å²) in [6, 6.07) is 8.42. The third-order valence-corrected chi connectivity index (χ3v) is 5.43. The highest BCUT2D eigenvalue weighted by Crippen LogP contribution is 2.18. The minimum Gasteiger partial charge on any atom is -0.491 e. The number of nitrogens with one attached hydrogen (secondary N) is 2. The van der Waals surface area contributed by atoms with Crippen LogP contribution in [0.4, 0.5) is 9.18 Å². The van der Waals surface area contributed by atoms with Gasteiger partial charge >= 0.3 is 6.03 Å².